The number of hydrogen-bond acceptors (Lipinski definition) is 4. The van der Waals surface area contributed by atoms with Gasteiger partial charge in [0.1, 0.15) is 11.8 Å². The van der Waals surface area contributed by atoms with Crippen LogP contribution in [0.4, 0.5) is 0 Å². The van der Waals surface area contributed by atoms with Crippen molar-refractivity contribution in [3.05, 3.63) is 23.3 Å². The molecule has 0 spiro atoms. The van der Waals surface area contributed by atoms with Crippen molar-refractivity contribution in [1.29, 1.82) is 0 Å². The Bertz CT molecular complexity index is 629. The van der Waals surface area contributed by atoms with Gasteiger partial charge < -0.3 is 9.84 Å². The van der Waals surface area contributed by atoms with Gasteiger partial charge >= 0.3 is 5.97 Å². The molecule has 0 aliphatic carbocycles. The predicted octanol–water partition coefficient (Wildman–Crippen LogP) is 2.09. The maximum atomic E-state index is 12.4. The predicted molar refractivity (Wildman–Crippen MR) is 83.7 cm³/mol. The summed E-state index contributed by atoms with van der Waals surface area (Å²) in [4.78, 5) is 11.3. The molecule has 0 fully saturated rings. The maximum absolute atomic E-state index is 12.4. The molecule has 0 saturated heterocycles. The van der Waals surface area contributed by atoms with Gasteiger partial charge in [-0.15, -0.1) is 0 Å². The lowest BCUT2D eigenvalue weighted by atomic mass is 10.1. The molecule has 0 bridgehead atoms. The Morgan fingerprint density at radius 3 is 2.14 bits per heavy atom. The molecule has 7 heteroatoms. The number of methoxy groups -OCH3 is 1. The van der Waals surface area contributed by atoms with Gasteiger partial charge in [0.2, 0.25) is 10.0 Å². The molecule has 1 atom stereocenters. The van der Waals surface area contributed by atoms with Gasteiger partial charge in [-0.2, -0.15) is 4.72 Å². The van der Waals surface area contributed by atoms with Crippen molar-refractivity contribution in [3.63, 3.8) is 0 Å². The quantitative estimate of drug-likeness (QED) is 0.799. The average Bonchev–Trinajstić information content (AvgIpc) is 2.36. The van der Waals surface area contributed by atoms with Crippen molar-refractivity contribution >= 4 is 16.0 Å². The molecule has 0 saturated carbocycles. The van der Waals surface area contributed by atoms with Crippen molar-refractivity contribution in [2.75, 3.05) is 7.11 Å². The monoisotopic (exact) mass is 329 g/mol. The van der Waals surface area contributed by atoms with E-state index in [9.17, 15) is 18.3 Å². The van der Waals surface area contributed by atoms with E-state index in [1.165, 1.54) is 19.2 Å². The lowest BCUT2D eigenvalue weighted by molar-refractivity contribution is -0.139. The van der Waals surface area contributed by atoms with Gasteiger partial charge in [-0.25, -0.2) is 8.42 Å². The zero-order valence-corrected chi connectivity index (χ0v) is 14.3. The van der Waals surface area contributed by atoms with Crippen LogP contribution in [0.1, 0.15) is 31.4 Å². The summed E-state index contributed by atoms with van der Waals surface area (Å²) in [5.41, 5.74) is 1.36. The highest BCUT2D eigenvalue weighted by Gasteiger charge is 2.26. The van der Waals surface area contributed by atoms with Crippen molar-refractivity contribution in [2.24, 2.45) is 5.92 Å². The van der Waals surface area contributed by atoms with E-state index in [0.29, 0.717) is 16.9 Å². The Kier molecular flexibility index (Phi) is 5.96. The molecule has 0 radical (unpaired) electrons. The Labute approximate surface area is 131 Å². The van der Waals surface area contributed by atoms with Crippen LogP contribution < -0.4 is 9.46 Å². The van der Waals surface area contributed by atoms with E-state index in [2.05, 4.69) is 4.72 Å². The van der Waals surface area contributed by atoms with Gasteiger partial charge in [-0.3, -0.25) is 4.79 Å². The van der Waals surface area contributed by atoms with Gasteiger partial charge in [-0.05, 0) is 49.4 Å². The van der Waals surface area contributed by atoms with Gasteiger partial charge in [0.25, 0.3) is 0 Å². The molecular formula is C15H23NO5S. The molecular weight excluding hydrogens is 306 g/mol. The third-order valence-electron chi connectivity index (χ3n) is 3.25. The fraction of sp³-hybridized carbons (Fsp3) is 0.533. The number of rotatable bonds is 7. The SMILES string of the molecule is COc1c(C)cc(S(=O)(=O)N[C@@H](CC(C)C)C(=O)O)cc1C. The number of nitrogens with one attached hydrogen (secondary N) is 1. The first-order valence-electron chi connectivity index (χ1n) is 6.98. The van der Waals surface area contributed by atoms with Crippen LogP contribution in [0.2, 0.25) is 0 Å². The van der Waals surface area contributed by atoms with Crippen LogP contribution in [0, 0.1) is 19.8 Å². The number of benzene rings is 1. The van der Waals surface area contributed by atoms with Gasteiger partial charge in [0, 0.05) is 0 Å². The van der Waals surface area contributed by atoms with Gasteiger partial charge in [0.15, 0.2) is 0 Å². The lowest BCUT2D eigenvalue weighted by Gasteiger charge is -2.18. The molecule has 0 unspecified atom stereocenters. The molecule has 0 aromatic heterocycles. The van der Waals surface area contributed by atoms with E-state index in [1.54, 1.807) is 13.8 Å². The summed E-state index contributed by atoms with van der Waals surface area (Å²) >= 11 is 0. The first kappa shape index (κ1) is 18.4. The summed E-state index contributed by atoms with van der Waals surface area (Å²) in [5.74, 6) is -0.502. The fourth-order valence-corrected chi connectivity index (χ4v) is 3.69. The molecule has 1 rings (SSSR count). The van der Waals surface area contributed by atoms with Crippen LogP contribution in [0.25, 0.3) is 0 Å². The summed E-state index contributed by atoms with van der Waals surface area (Å²) in [5, 5.41) is 9.18. The molecule has 6 nitrogen and oxygen atoms in total. The highest BCUT2D eigenvalue weighted by atomic mass is 32.2. The zero-order chi connectivity index (χ0) is 17.1. The Morgan fingerprint density at radius 2 is 1.77 bits per heavy atom. The molecule has 1 aromatic carbocycles. The molecule has 2 N–H and O–H groups in total. The normalized spacial score (nSPS) is 13.2. The molecule has 0 heterocycles. The Morgan fingerprint density at radius 1 is 1.27 bits per heavy atom. The van der Waals surface area contributed by atoms with E-state index in [4.69, 9.17) is 4.74 Å². The van der Waals surface area contributed by atoms with Crippen molar-refractivity contribution < 1.29 is 23.1 Å². The average molecular weight is 329 g/mol. The fourth-order valence-electron chi connectivity index (χ4n) is 2.31. The van der Waals surface area contributed by atoms with E-state index >= 15 is 0 Å². The second-order valence-electron chi connectivity index (χ2n) is 5.73. The number of carbonyl (C=O) groups is 1. The standard InChI is InChI=1S/C15H23NO5S/c1-9(2)6-13(15(17)18)16-22(19,20)12-7-10(3)14(21-5)11(4)8-12/h7-9,13,16H,6H2,1-5H3,(H,17,18)/t13-/m0/s1. The number of carboxylic acid groups (broad SMARTS) is 1. The summed E-state index contributed by atoms with van der Waals surface area (Å²) in [6.07, 6.45) is 0.225. The third-order valence-corrected chi connectivity index (χ3v) is 4.70. The highest BCUT2D eigenvalue weighted by Crippen LogP contribution is 2.26. The van der Waals surface area contributed by atoms with E-state index in [-0.39, 0.29) is 17.2 Å². The topological polar surface area (TPSA) is 92.7 Å². The Balaban J connectivity index is 3.16. The lowest BCUT2D eigenvalue weighted by Crippen LogP contribution is -2.41. The highest BCUT2D eigenvalue weighted by molar-refractivity contribution is 7.89. The first-order chi connectivity index (χ1) is 10.1. The van der Waals surface area contributed by atoms with Crippen molar-refractivity contribution in [3.8, 4) is 5.75 Å². The minimum absolute atomic E-state index is 0.0401. The van der Waals surface area contributed by atoms with Gasteiger partial charge in [0.05, 0.1) is 12.0 Å². The number of ether oxygens (including phenoxy) is 1. The van der Waals surface area contributed by atoms with E-state index in [0.717, 1.165) is 0 Å². The van der Waals surface area contributed by atoms with Crippen LogP contribution in [-0.4, -0.2) is 32.6 Å². The summed E-state index contributed by atoms with van der Waals surface area (Å²) in [6, 6.07) is 1.80. The van der Waals surface area contributed by atoms with Crippen LogP contribution >= 0.6 is 0 Å². The second kappa shape index (κ2) is 7.11. The zero-order valence-electron chi connectivity index (χ0n) is 13.5. The first-order valence-corrected chi connectivity index (χ1v) is 8.47. The van der Waals surface area contributed by atoms with E-state index in [1.807, 2.05) is 13.8 Å². The van der Waals surface area contributed by atoms with Crippen LogP contribution in [-0.2, 0) is 14.8 Å². The molecule has 124 valence electrons. The number of aryl methyl sites for hydroxylation is 2. The summed E-state index contributed by atoms with van der Waals surface area (Å²) < 4.78 is 32.3. The van der Waals surface area contributed by atoms with E-state index < -0.39 is 22.0 Å². The molecule has 0 aliphatic rings. The molecule has 1 aromatic rings. The molecule has 0 amide bonds. The van der Waals surface area contributed by atoms with Crippen LogP contribution in [0.15, 0.2) is 17.0 Å². The smallest absolute Gasteiger partial charge is 0.321 e. The molecule has 0 aliphatic heterocycles. The molecule has 22 heavy (non-hydrogen) atoms. The largest absolute Gasteiger partial charge is 0.496 e. The Hall–Kier alpha value is -1.60. The number of carboxylic acids is 1. The number of aliphatic carboxylic acids is 1. The minimum atomic E-state index is -3.91. The van der Waals surface area contributed by atoms with Crippen molar-refractivity contribution in [1.82, 2.24) is 4.72 Å². The number of hydrogen-bond donors (Lipinski definition) is 2. The van der Waals surface area contributed by atoms with Crippen LogP contribution in [0.5, 0.6) is 5.75 Å². The summed E-state index contributed by atoms with van der Waals surface area (Å²) in [7, 11) is -2.39. The van der Waals surface area contributed by atoms with Gasteiger partial charge in [-0.1, -0.05) is 13.8 Å². The summed E-state index contributed by atoms with van der Waals surface area (Å²) in [6.45, 7) is 7.17. The minimum Gasteiger partial charge on any atom is -0.496 e. The second-order valence-corrected chi connectivity index (χ2v) is 7.45. The maximum Gasteiger partial charge on any atom is 0.321 e. The van der Waals surface area contributed by atoms with Crippen LogP contribution in [0.3, 0.4) is 0 Å². The number of sulfonamides is 1. The van der Waals surface area contributed by atoms with Crippen molar-refractivity contribution in [2.45, 2.75) is 45.1 Å². The third kappa shape index (κ3) is 4.45.